The predicted octanol–water partition coefficient (Wildman–Crippen LogP) is 1.99. The molecule has 0 aliphatic heterocycles. The third-order valence-corrected chi connectivity index (χ3v) is 2.98. The minimum absolute atomic E-state index is 0.420. The number of likely N-dealkylation sites (N-methyl/N-ethyl adjacent to an activating group) is 2. The average Bonchev–Trinajstić information content (AvgIpc) is 2.28. The summed E-state index contributed by atoms with van der Waals surface area (Å²) < 4.78 is 0. The molecule has 1 rings (SSSR count). The maximum absolute atomic E-state index is 4.57. The van der Waals surface area contributed by atoms with Gasteiger partial charge in [-0.2, -0.15) is 0 Å². The first kappa shape index (κ1) is 15.7. The van der Waals surface area contributed by atoms with E-state index in [9.17, 15) is 0 Å². The van der Waals surface area contributed by atoms with Crippen LogP contribution in [0.3, 0.4) is 0 Å². The molecule has 5 heteroatoms. The molecule has 1 unspecified atom stereocenters. The lowest BCUT2D eigenvalue weighted by Crippen LogP contribution is -2.40. The SMILES string of the molecule is CCNc1cc(N(CC)C(C)CN(C)C)nc(C)n1. The summed E-state index contributed by atoms with van der Waals surface area (Å²) in [6.07, 6.45) is 0. The summed E-state index contributed by atoms with van der Waals surface area (Å²) in [4.78, 5) is 13.5. The molecule has 19 heavy (non-hydrogen) atoms. The first-order chi connectivity index (χ1) is 8.97. The third-order valence-electron chi connectivity index (χ3n) is 2.98. The molecule has 5 nitrogen and oxygen atoms in total. The van der Waals surface area contributed by atoms with E-state index in [1.807, 2.05) is 13.0 Å². The molecule has 0 spiro atoms. The van der Waals surface area contributed by atoms with Gasteiger partial charge in [-0.15, -0.1) is 0 Å². The molecule has 1 N–H and O–H groups in total. The Bertz CT molecular complexity index is 391. The van der Waals surface area contributed by atoms with Gasteiger partial charge in [-0.1, -0.05) is 0 Å². The van der Waals surface area contributed by atoms with Crippen LogP contribution in [-0.4, -0.2) is 54.6 Å². The highest BCUT2D eigenvalue weighted by Gasteiger charge is 2.16. The molecule has 0 radical (unpaired) electrons. The van der Waals surface area contributed by atoms with Crippen molar-refractivity contribution in [3.05, 3.63) is 11.9 Å². The van der Waals surface area contributed by atoms with Crippen LogP contribution < -0.4 is 10.2 Å². The van der Waals surface area contributed by atoms with Gasteiger partial charge in [0.15, 0.2) is 0 Å². The number of hydrogen-bond donors (Lipinski definition) is 1. The van der Waals surface area contributed by atoms with Crippen LogP contribution in [0, 0.1) is 6.92 Å². The second-order valence-electron chi connectivity index (χ2n) is 5.09. The Morgan fingerprint density at radius 3 is 2.47 bits per heavy atom. The van der Waals surface area contributed by atoms with Crippen LogP contribution in [-0.2, 0) is 0 Å². The molecular formula is C14H27N5. The minimum atomic E-state index is 0.420. The van der Waals surface area contributed by atoms with Crippen molar-refractivity contribution in [2.24, 2.45) is 0 Å². The van der Waals surface area contributed by atoms with Crippen molar-refractivity contribution in [2.45, 2.75) is 33.7 Å². The summed E-state index contributed by atoms with van der Waals surface area (Å²) in [6.45, 7) is 11.2. The lowest BCUT2D eigenvalue weighted by Gasteiger charge is -2.31. The molecule has 0 saturated carbocycles. The van der Waals surface area contributed by atoms with E-state index in [2.05, 4.69) is 60.0 Å². The quantitative estimate of drug-likeness (QED) is 0.817. The number of aromatic nitrogens is 2. The van der Waals surface area contributed by atoms with Gasteiger partial charge >= 0.3 is 0 Å². The third kappa shape index (κ3) is 4.67. The topological polar surface area (TPSA) is 44.3 Å². The van der Waals surface area contributed by atoms with Crippen molar-refractivity contribution in [3.8, 4) is 0 Å². The summed E-state index contributed by atoms with van der Waals surface area (Å²) in [5, 5.41) is 3.26. The molecule has 108 valence electrons. The van der Waals surface area contributed by atoms with E-state index in [0.717, 1.165) is 37.1 Å². The smallest absolute Gasteiger partial charge is 0.134 e. The Balaban J connectivity index is 2.96. The average molecular weight is 265 g/mol. The molecule has 0 amide bonds. The van der Waals surface area contributed by atoms with Crippen molar-refractivity contribution < 1.29 is 0 Å². The lowest BCUT2D eigenvalue weighted by molar-refractivity contribution is 0.372. The molecule has 1 aromatic heterocycles. The Morgan fingerprint density at radius 2 is 1.95 bits per heavy atom. The van der Waals surface area contributed by atoms with Gasteiger partial charge in [-0.25, -0.2) is 9.97 Å². The van der Waals surface area contributed by atoms with E-state index in [0.29, 0.717) is 6.04 Å². The molecule has 0 saturated heterocycles. The number of hydrogen-bond acceptors (Lipinski definition) is 5. The second-order valence-corrected chi connectivity index (χ2v) is 5.09. The largest absolute Gasteiger partial charge is 0.370 e. The summed E-state index contributed by atoms with van der Waals surface area (Å²) in [5.41, 5.74) is 0. The maximum Gasteiger partial charge on any atom is 0.134 e. The maximum atomic E-state index is 4.57. The second kappa shape index (κ2) is 7.28. The molecule has 1 aromatic rings. The molecule has 0 aliphatic rings. The van der Waals surface area contributed by atoms with Gasteiger partial charge in [0.2, 0.25) is 0 Å². The molecule has 0 aliphatic carbocycles. The number of anilines is 2. The van der Waals surface area contributed by atoms with Crippen molar-refractivity contribution in [1.29, 1.82) is 0 Å². The van der Waals surface area contributed by atoms with E-state index < -0.39 is 0 Å². The number of rotatable bonds is 7. The Hall–Kier alpha value is -1.36. The van der Waals surface area contributed by atoms with E-state index in [1.165, 1.54) is 0 Å². The normalized spacial score (nSPS) is 12.6. The fourth-order valence-corrected chi connectivity index (χ4v) is 2.30. The van der Waals surface area contributed by atoms with E-state index in [4.69, 9.17) is 0 Å². The molecule has 0 fully saturated rings. The highest BCUT2D eigenvalue weighted by Crippen LogP contribution is 2.18. The summed E-state index contributed by atoms with van der Waals surface area (Å²) in [7, 11) is 4.19. The van der Waals surface area contributed by atoms with Gasteiger partial charge in [-0.3, -0.25) is 0 Å². The van der Waals surface area contributed by atoms with Gasteiger partial charge in [0.05, 0.1) is 0 Å². The lowest BCUT2D eigenvalue weighted by atomic mass is 10.2. The zero-order valence-corrected chi connectivity index (χ0v) is 13.1. The Morgan fingerprint density at radius 1 is 1.26 bits per heavy atom. The first-order valence-corrected chi connectivity index (χ1v) is 6.98. The van der Waals surface area contributed by atoms with Gasteiger partial charge < -0.3 is 15.1 Å². The molecule has 1 atom stereocenters. The van der Waals surface area contributed by atoms with E-state index in [1.54, 1.807) is 0 Å². The standard InChI is InChI=1S/C14H27N5/c1-7-15-13-9-14(17-12(4)16-13)19(8-2)11(3)10-18(5)6/h9,11H,7-8,10H2,1-6H3,(H,15,16,17). The van der Waals surface area contributed by atoms with Gasteiger partial charge in [0.1, 0.15) is 17.5 Å². The number of nitrogens with zero attached hydrogens (tertiary/aromatic N) is 4. The number of aryl methyl sites for hydroxylation is 1. The molecule has 1 heterocycles. The van der Waals surface area contributed by atoms with Gasteiger partial charge in [0.25, 0.3) is 0 Å². The highest BCUT2D eigenvalue weighted by atomic mass is 15.2. The van der Waals surface area contributed by atoms with Crippen LogP contribution >= 0.6 is 0 Å². The fraction of sp³-hybridized carbons (Fsp3) is 0.714. The zero-order chi connectivity index (χ0) is 14.4. The Kier molecular flexibility index (Phi) is 6.02. The van der Waals surface area contributed by atoms with Crippen LogP contribution in [0.4, 0.5) is 11.6 Å². The van der Waals surface area contributed by atoms with Crippen molar-refractivity contribution in [3.63, 3.8) is 0 Å². The minimum Gasteiger partial charge on any atom is -0.370 e. The molecular weight excluding hydrogens is 238 g/mol. The van der Waals surface area contributed by atoms with Crippen LogP contribution in [0.1, 0.15) is 26.6 Å². The van der Waals surface area contributed by atoms with Crippen LogP contribution in [0.2, 0.25) is 0 Å². The summed E-state index contributed by atoms with van der Waals surface area (Å²) >= 11 is 0. The zero-order valence-electron chi connectivity index (χ0n) is 13.1. The van der Waals surface area contributed by atoms with Crippen molar-refractivity contribution >= 4 is 11.6 Å². The van der Waals surface area contributed by atoms with E-state index in [-0.39, 0.29) is 0 Å². The molecule has 0 bridgehead atoms. The monoisotopic (exact) mass is 265 g/mol. The predicted molar refractivity (Wildman–Crippen MR) is 82.0 cm³/mol. The highest BCUT2D eigenvalue weighted by molar-refractivity contribution is 5.50. The Labute approximate surface area is 117 Å². The van der Waals surface area contributed by atoms with Crippen molar-refractivity contribution in [1.82, 2.24) is 14.9 Å². The summed E-state index contributed by atoms with van der Waals surface area (Å²) in [5.74, 6) is 2.71. The number of nitrogens with one attached hydrogen (secondary N) is 1. The van der Waals surface area contributed by atoms with Crippen LogP contribution in [0.25, 0.3) is 0 Å². The van der Waals surface area contributed by atoms with Crippen molar-refractivity contribution in [2.75, 3.05) is 43.9 Å². The van der Waals surface area contributed by atoms with Crippen LogP contribution in [0.15, 0.2) is 6.07 Å². The molecule has 0 aromatic carbocycles. The van der Waals surface area contributed by atoms with E-state index >= 15 is 0 Å². The van der Waals surface area contributed by atoms with Gasteiger partial charge in [-0.05, 0) is 41.8 Å². The first-order valence-electron chi connectivity index (χ1n) is 6.98. The van der Waals surface area contributed by atoms with Gasteiger partial charge in [0, 0.05) is 31.7 Å². The van der Waals surface area contributed by atoms with Crippen LogP contribution in [0.5, 0.6) is 0 Å². The summed E-state index contributed by atoms with van der Waals surface area (Å²) in [6, 6.07) is 2.45. The fourth-order valence-electron chi connectivity index (χ4n) is 2.30.